The predicted octanol–water partition coefficient (Wildman–Crippen LogP) is 2.22. The van der Waals surface area contributed by atoms with E-state index in [0.717, 1.165) is 19.4 Å². The van der Waals surface area contributed by atoms with Crippen molar-refractivity contribution in [1.29, 1.82) is 0 Å². The van der Waals surface area contributed by atoms with Crippen molar-refractivity contribution >= 4 is 35.9 Å². The summed E-state index contributed by atoms with van der Waals surface area (Å²) in [7, 11) is 0. The summed E-state index contributed by atoms with van der Waals surface area (Å²) in [6.07, 6.45) is 6.29. The molecule has 0 saturated carbocycles. The maximum absolute atomic E-state index is 11.6. The third-order valence-electron chi connectivity index (χ3n) is 2.48. The molecule has 5 nitrogen and oxygen atoms in total. The number of hydrogen-bond donors (Lipinski definition) is 2. The molecular weight excluding hydrogens is 369 g/mol. The lowest BCUT2D eigenvalue weighted by Gasteiger charge is -2.19. The van der Waals surface area contributed by atoms with Crippen LogP contribution in [0.1, 0.15) is 40.5 Å². The number of aliphatic imine (C=N–C) groups is 1. The fourth-order valence-corrected chi connectivity index (χ4v) is 1.77. The van der Waals surface area contributed by atoms with Crippen LogP contribution in [0, 0.1) is 0 Å². The van der Waals surface area contributed by atoms with Crippen molar-refractivity contribution in [3.63, 3.8) is 0 Å². The first-order valence-electron chi connectivity index (χ1n) is 6.82. The van der Waals surface area contributed by atoms with Gasteiger partial charge in [0.05, 0.1) is 0 Å². The van der Waals surface area contributed by atoms with Gasteiger partial charge >= 0.3 is 5.97 Å². The molecule has 0 bridgehead atoms. The number of guanidine groups is 1. The second kappa shape index (κ2) is 9.20. The molecule has 2 N–H and O–H groups in total. The van der Waals surface area contributed by atoms with Crippen molar-refractivity contribution in [2.75, 3.05) is 13.1 Å². The number of rotatable bonds is 4. The summed E-state index contributed by atoms with van der Waals surface area (Å²) in [5.41, 5.74) is -0.465. The lowest BCUT2D eigenvalue weighted by Crippen LogP contribution is -2.43. The second-order valence-corrected chi connectivity index (χ2v) is 5.57. The van der Waals surface area contributed by atoms with E-state index < -0.39 is 5.60 Å². The molecule has 20 heavy (non-hydrogen) atoms. The Balaban J connectivity index is 0.00000361. The van der Waals surface area contributed by atoms with Crippen molar-refractivity contribution in [2.45, 2.75) is 52.2 Å². The first-order chi connectivity index (χ1) is 8.90. The molecule has 6 heteroatoms. The van der Waals surface area contributed by atoms with E-state index in [9.17, 15) is 4.79 Å². The van der Waals surface area contributed by atoms with Gasteiger partial charge in [0.15, 0.2) is 5.96 Å². The Morgan fingerprint density at radius 3 is 2.45 bits per heavy atom. The minimum atomic E-state index is -0.465. The number of nitrogens with one attached hydrogen (secondary N) is 2. The molecule has 0 saturated heterocycles. The van der Waals surface area contributed by atoms with Crippen LogP contribution in [0.5, 0.6) is 0 Å². The van der Waals surface area contributed by atoms with Crippen molar-refractivity contribution in [3.05, 3.63) is 12.2 Å². The molecule has 0 fully saturated rings. The van der Waals surface area contributed by atoms with Gasteiger partial charge in [-0.2, -0.15) is 0 Å². The van der Waals surface area contributed by atoms with E-state index >= 15 is 0 Å². The van der Waals surface area contributed by atoms with Gasteiger partial charge in [-0.3, -0.25) is 4.79 Å². The average molecular weight is 395 g/mol. The molecule has 0 aromatic rings. The summed E-state index contributed by atoms with van der Waals surface area (Å²) in [5, 5.41) is 6.43. The van der Waals surface area contributed by atoms with E-state index in [0.29, 0.717) is 12.0 Å². The Kier molecular flexibility index (Phi) is 8.84. The Labute approximate surface area is 138 Å². The lowest BCUT2D eigenvalue weighted by molar-refractivity contribution is -0.152. The molecular formula is C14H26IN3O2. The van der Waals surface area contributed by atoms with Gasteiger partial charge in [0, 0.05) is 12.6 Å². The van der Waals surface area contributed by atoms with E-state index in [-0.39, 0.29) is 36.5 Å². The van der Waals surface area contributed by atoms with Crippen LogP contribution in [-0.2, 0) is 9.53 Å². The van der Waals surface area contributed by atoms with Gasteiger partial charge in [-0.25, -0.2) is 4.99 Å². The molecule has 0 amide bonds. The van der Waals surface area contributed by atoms with Crippen molar-refractivity contribution in [3.8, 4) is 0 Å². The zero-order valence-electron chi connectivity index (χ0n) is 12.7. The minimum Gasteiger partial charge on any atom is -0.459 e. The van der Waals surface area contributed by atoms with Crippen molar-refractivity contribution in [1.82, 2.24) is 10.6 Å². The number of hydrogen-bond acceptors (Lipinski definition) is 3. The first-order valence-corrected chi connectivity index (χ1v) is 6.82. The molecule has 0 unspecified atom stereocenters. The Bertz CT molecular complexity index is 354. The molecule has 0 aromatic heterocycles. The van der Waals surface area contributed by atoms with Crippen molar-refractivity contribution in [2.24, 2.45) is 4.99 Å². The van der Waals surface area contributed by atoms with Gasteiger partial charge in [-0.05, 0) is 40.5 Å². The second-order valence-electron chi connectivity index (χ2n) is 5.57. The van der Waals surface area contributed by atoms with E-state index in [2.05, 4.69) is 27.8 Å². The highest BCUT2D eigenvalue weighted by Crippen LogP contribution is 2.09. The molecule has 0 aliphatic heterocycles. The van der Waals surface area contributed by atoms with Crippen molar-refractivity contribution < 1.29 is 9.53 Å². The molecule has 0 atom stereocenters. The zero-order valence-corrected chi connectivity index (χ0v) is 15.1. The van der Waals surface area contributed by atoms with Gasteiger partial charge in [0.1, 0.15) is 12.1 Å². The first kappa shape index (κ1) is 19.2. The van der Waals surface area contributed by atoms with Crippen LogP contribution in [0.3, 0.4) is 0 Å². The minimum absolute atomic E-state index is 0. The Morgan fingerprint density at radius 1 is 1.35 bits per heavy atom. The topological polar surface area (TPSA) is 62.7 Å². The largest absolute Gasteiger partial charge is 0.459 e. The molecule has 1 aliphatic rings. The van der Waals surface area contributed by atoms with E-state index in [1.165, 1.54) is 0 Å². The number of nitrogens with zero attached hydrogens (tertiary/aromatic N) is 1. The predicted molar refractivity (Wildman–Crippen MR) is 92.5 cm³/mol. The normalized spacial score (nSPS) is 15.7. The maximum Gasteiger partial charge on any atom is 0.328 e. The van der Waals surface area contributed by atoms with Crippen LogP contribution in [0.4, 0.5) is 0 Å². The fourth-order valence-electron chi connectivity index (χ4n) is 1.77. The number of carbonyl (C=O) groups excluding carboxylic acids is 1. The molecule has 0 heterocycles. The van der Waals surface area contributed by atoms with Crippen LogP contribution in [0.15, 0.2) is 17.1 Å². The van der Waals surface area contributed by atoms with Crippen LogP contribution in [0.2, 0.25) is 0 Å². The molecule has 116 valence electrons. The maximum atomic E-state index is 11.6. The highest BCUT2D eigenvalue weighted by atomic mass is 127. The van der Waals surface area contributed by atoms with Crippen LogP contribution >= 0.6 is 24.0 Å². The van der Waals surface area contributed by atoms with Crippen LogP contribution in [0.25, 0.3) is 0 Å². The van der Waals surface area contributed by atoms with Crippen LogP contribution in [-0.4, -0.2) is 36.7 Å². The summed E-state index contributed by atoms with van der Waals surface area (Å²) in [4.78, 5) is 15.9. The highest BCUT2D eigenvalue weighted by Gasteiger charge is 2.16. The third kappa shape index (κ3) is 8.39. The van der Waals surface area contributed by atoms with Gasteiger partial charge in [-0.15, -0.1) is 24.0 Å². The highest BCUT2D eigenvalue weighted by molar-refractivity contribution is 14.0. The number of esters is 1. The Morgan fingerprint density at radius 2 is 1.95 bits per heavy atom. The standard InChI is InChI=1S/C14H25N3O2.HI/c1-5-15-13(17-11-8-6-7-9-11)16-10-12(18)19-14(2,3)4;/h6-7,11H,5,8-10H2,1-4H3,(H2,15,16,17);1H. The molecule has 1 rings (SSSR count). The molecule has 0 spiro atoms. The summed E-state index contributed by atoms with van der Waals surface area (Å²) in [6.45, 7) is 8.34. The fraction of sp³-hybridized carbons (Fsp3) is 0.714. The van der Waals surface area contributed by atoms with Gasteiger partial charge in [0.25, 0.3) is 0 Å². The zero-order chi connectivity index (χ0) is 14.3. The summed E-state index contributed by atoms with van der Waals surface area (Å²) in [6, 6.07) is 0.372. The quantitative estimate of drug-likeness (QED) is 0.252. The van der Waals surface area contributed by atoms with Gasteiger partial charge in [-0.1, -0.05) is 12.2 Å². The van der Waals surface area contributed by atoms with Gasteiger partial charge in [0.2, 0.25) is 0 Å². The number of ether oxygens (including phenoxy) is 1. The average Bonchev–Trinajstić information content (AvgIpc) is 2.76. The lowest BCUT2D eigenvalue weighted by atomic mass is 10.2. The van der Waals surface area contributed by atoms with Crippen LogP contribution < -0.4 is 10.6 Å². The van der Waals surface area contributed by atoms with E-state index in [1.54, 1.807) is 0 Å². The molecule has 0 aromatic carbocycles. The van der Waals surface area contributed by atoms with Gasteiger partial charge < -0.3 is 15.4 Å². The molecule has 1 aliphatic carbocycles. The number of carbonyl (C=O) groups is 1. The third-order valence-corrected chi connectivity index (χ3v) is 2.48. The summed E-state index contributed by atoms with van der Waals surface area (Å²) < 4.78 is 5.22. The smallest absolute Gasteiger partial charge is 0.328 e. The van der Waals surface area contributed by atoms with E-state index in [4.69, 9.17) is 4.74 Å². The monoisotopic (exact) mass is 395 g/mol. The number of halogens is 1. The summed E-state index contributed by atoms with van der Waals surface area (Å²) in [5.74, 6) is 0.358. The molecule has 0 radical (unpaired) electrons. The Hall–Kier alpha value is -0.790. The summed E-state index contributed by atoms with van der Waals surface area (Å²) >= 11 is 0. The SMILES string of the molecule is CCNC(=NCC(=O)OC(C)(C)C)NC1CC=CC1.I. The van der Waals surface area contributed by atoms with E-state index in [1.807, 2.05) is 27.7 Å².